The summed E-state index contributed by atoms with van der Waals surface area (Å²) in [6, 6.07) is 12.3. The van der Waals surface area contributed by atoms with Crippen LogP contribution >= 0.6 is 11.8 Å². The van der Waals surface area contributed by atoms with Crippen LogP contribution in [-0.2, 0) is 6.54 Å². The summed E-state index contributed by atoms with van der Waals surface area (Å²) >= 11 is 1.31. The lowest BCUT2D eigenvalue weighted by Gasteiger charge is -2.09. The van der Waals surface area contributed by atoms with Gasteiger partial charge in [0.1, 0.15) is 0 Å². The van der Waals surface area contributed by atoms with Crippen molar-refractivity contribution in [2.45, 2.75) is 32.0 Å². The number of aryl methyl sites for hydroxylation is 1. The monoisotopic (exact) mass is 399 g/mol. The predicted molar refractivity (Wildman–Crippen MR) is 108 cm³/mol. The molecular weight excluding hydrogens is 377 g/mol. The third-order valence-corrected chi connectivity index (χ3v) is 5.21. The number of carbonyl (C=O) groups excluding carboxylic acids is 1. The van der Waals surface area contributed by atoms with Gasteiger partial charge in [-0.3, -0.25) is 4.79 Å². The molecule has 0 unspecified atom stereocenters. The van der Waals surface area contributed by atoms with Crippen LogP contribution in [0, 0.1) is 12.7 Å². The molecule has 0 saturated carbocycles. The van der Waals surface area contributed by atoms with E-state index in [0.717, 1.165) is 29.9 Å². The lowest BCUT2D eigenvalue weighted by Crippen LogP contribution is -2.06. The summed E-state index contributed by atoms with van der Waals surface area (Å²) in [4.78, 5) is 12.5. The molecule has 28 heavy (non-hydrogen) atoms. The number of aromatic nitrogens is 3. The van der Waals surface area contributed by atoms with Crippen molar-refractivity contribution < 1.29 is 13.9 Å². The smallest absolute Gasteiger partial charge is 0.191 e. The summed E-state index contributed by atoms with van der Waals surface area (Å²) in [6.07, 6.45) is 0.919. The molecule has 7 heteroatoms. The second-order valence-electron chi connectivity index (χ2n) is 6.39. The second-order valence-corrected chi connectivity index (χ2v) is 7.33. The van der Waals surface area contributed by atoms with Crippen molar-refractivity contribution in [3.05, 3.63) is 59.4 Å². The van der Waals surface area contributed by atoms with Gasteiger partial charge >= 0.3 is 0 Å². The fourth-order valence-electron chi connectivity index (χ4n) is 2.87. The zero-order valence-corrected chi connectivity index (χ0v) is 16.9. The number of carbonyl (C=O) groups is 1. The van der Waals surface area contributed by atoms with Crippen LogP contribution in [0.4, 0.5) is 4.39 Å². The molecule has 2 aromatic carbocycles. The average molecular weight is 399 g/mol. The highest BCUT2D eigenvalue weighted by Crippen LogP contribution is 2.26. The molecule has 3 aromatic rings. The average Bonchev–Trinajstić information content (AvgIpc) is 3.09. The van der Waals surface area contributed by atoms with Crippen LogP contribution in [0.2, 0.25) is 0 Å². The molecule has 3 rings (SSSR count). The second kappa shape index (κ2) is 9.01. The Morgan fingerprint density at radius 3 is 2.71 bits per heavy atom. The van der Waals surface area contributed by atoms with Crippen molar-refractivity contribution in [1.82, 2.24) is 14.8 Å². The van der Waals surface area contributed by atoms with Gasteiger partial charge in [0.2, 0.25) is 0 Å². The molecule has 0 fully saturated rings. The van der Waals surface area contributed by atoms with Crippen LogP contribution in [0.3, 0.4) is 0 Å². The molecular formula is C21H22FN3O2S. The normalized spacial score (nSPS) is 10.9. The van der Waals surface area contributed by atoms with E-state index in [0.29, 0.717) is 10.7 Å². The lowest BCUT2D eigenvalue weighted by molar-refractivity contribution is 0.102. The summed E-state index contributed by atoms with van der Waals surface area (Å²) in [7, 11) is 1.39. The number of thioether (sulfide) groups is 1. The highest BCUT2D eigenvalue weighted by Gasteiger charge is 2.17. The van der Waals surface area contributed by atoms with Gasteiger partial charge in [0.15, 0.2) is 28.3 Å². The van der Waals surface area contributed by atoms with Crippen LogP contribution in [0.5, 0.6) is 5.75 Å². The highest BCUT2D eigenvalue weighted by atomic mass is 32.2. The Balaban J connectivity index is 1.79. The molecule has 0 aliphatic heterocycles. The first kappa shape index (κ1) is 20.1. The van der Waals surface area contributed by atoms with Gasteiger partial charge in [0.25, 0.3) is 0 Å². The zero-order chi connectivity index (χ0) is 20.1. The van der Waals surface area contributed by atoms with Gasteiger partial charge in [-0.25, -0.2) is 4.39 Å². The molecule has 0 aliphatic rings. The maximum absolute atomic E-state index is 13.9. The minimum Gasteiger partial charge on any atom is -0.494 e. The summed E-state index contributed by atoms with van der Waals surface area (Å²) in [5.74, 6) is 0.344. The largest absolute Gasteiger partial charge is 0.494 e. The van der Waals surface area contributed by atoms with E-state index >= 15 is 0 Å². The minimum atomic E-state index is -0.547. The number of methoxy groups -OCH3 is 1. The number of nitrogens with zero attached hydrogens (tertiary/aromatic N) is 3. The predicted octanol–water partition coefficient (Wildman–Crippen LogP) is 4.79. The number of halogens is 1. The van der Waals surface area contributed by atoms with Crippen LogP contribution in [0.25, 0.3) is 11.4 Å². The number of ether oxygens (including phenoxy) is 1. The third-order valence-electron chi connectivity index (χ3n) is 4.25. The Morgan fingerprint density at radius 2 is 2.04 bits per heavy atom. The molecule has 0 saturated heterocycles. The van der Waals surface area contributed by atoms with Crippen molar-refractivity contribution in [2.24, 2.45) is 0 Å². The fourth-order valence-corrected chi connectivity index (χ4v) is 3.73. The quantitative estimate of drug-likeness (QED) is 0.403. The first-order valence-electron chi connectivity index (χ1n) is 9.03. The van der Waals surface area contributed by atoms with Gasteiger partial charge in [0, 0.05) is 17.7 Å². The van der Waals surface area contributed by atoms with Crippen LogP contribution in [-0.4, -0.2) is 33.4 Å². The van der Waals surface area contributed by atoms with Gasteiger partial charge in [-0.1, -0.05) is 42.4 Å². The van der Waals surface area contributed by atoms with Crippen molar-refractivity contribution in [3.63, 3.8) is 0 Å². The molecule has 0 amide bonds. The Morgan fingerprint density at radius 1 is 1.21 bits per heavy atom. The number of ketones is 1. The molecule has 1 aromatic heterocycles. The molecule has 0 aliphatic carbocycles. The molecule has 0 radical (unpaired) electrons. The van der Waals surface area contributed by atoms with E-state index in [-0.39, 0.29) is 17.3 Å². The maximum atomic E-state index is 13.9. The van der Waals surface area contributed by atoms with Gasteiger partial charge in [-0.05, 0) is 37.6 Å². The Bertz CT molecular complexity index is 988. The van der Waals surface area contributed by atoms with E-state index in [1.807, 2.05) is 29.7 Å². The Hall–Kier alpha value is -2.67. The van der Waals surface area contributed by atoms with Crippen molar-refractivity contribution >= 4 is 17.5 Å². The lowest BCUT2D eigenvalue weighted by atomic mass is 10.1. The SMILES string of the molecule is CCCn1c(SCC(=O)c2ccc(OC)c(F)c2)nnc1-c1cccc(C)c1. The van der Waals surface area contributed by atoms with Crippen molar-refractivity contribution in [3.8, 4) is 17.1 Å². The topological polar surface area (TPSA) is 57.0 Å². The van der Waals surface area contributed by atoms with E-state index in [4.69, 9.17) is 4.74 Å². The Labute approximate surface area is 167 Å². The van der Waals surface area contributed by atoms with Gasteiger partial charge in [-0.15, -0.1) is 10.2 Å². The minimum absolute atomic E-state index is 0.120. The van der Waals surface area contributed by atoms with Gasteiger partial charge < -0.3 is 9.30 Å². The van der Waals surface area contributed by atoms with Crippen LogP contribution in [0.1, 0.15) is 29.3 Å². The first-order valence-corrected chi connectivity index (χ1v) is 10.0. The van der Waals surface area contributed by atoms with E-state index in [2.05, 4.69) is 23.2 Å². The van der Waals surface area contributed by atoms with Gasteiger partial charge in [-0.2, -0.15) is 0 Å². The molecule has 0 N–H and O–H groups in total. The molecule has 0 atom stereocenters. The molecule has 0 bridgehead atoms. The molecule has 5 nitrogen and oxygen atoms in total. The number of hydrogen-bond donors (Lipinski definition) is 0. The number of Topliss-reactive ketones (excluding diaryl/α,β-unsaturated/α-hetero) is 1. The first-order chi connectivity index (χ1) is 13.5. The number of benzene rings is 2. The van der Waals surface area contributed by atoms with E-state index in [1.54, 1.807) is 6.07 Å². The van der Waals surface area contributed by atoms with Crippen LogP contribution in [0.15, 0.2) is 47.6 Å². The van der Waals surface area contributed by atoms with Crippen molar-refractivity contribution in [2.75, 3.05) is 12.9 Å². The number of rotatable bonds is 8. The number of hydrogen-bond acceptors (Lipinski definition) is 5. The Kier molecular flexibility index (Phi) is 6.46. The molecule has 1 heterocycles. The van der Waals surface area contributed by atoms with Crippen LogP contribution < -0.4 is 4.74 Å². The zero-order valence-electron chi connectivity index (χ0n) is 16.1. The molecule has 146 valence electrons. The van der Waals surface area contributed by atoms with Gasteiger partial charge in [0.05, 0.1) is 12.9 Å². The highest BCUT2D eigenvalue weighted by molar-refractivity contribution is 7.99. The van der Waals surface area contributed by atoms with E-state index in [1.165, 1.54) is 31.0 Å². The fraction of sp³-hybridized carbons (Fsp3) is 0.286. The summed E-state index contributed by atoms with van der Waals surface area (Å²) in [5.41, 5.74) is 2.46. The summed E-state index contributed by atoms with van der Waals surface area (Å²) < 4.78 is 20.8. The van der Waals surface area contributed by atoms with E-state index in [9.17, 15) is 9.18 Å². The van der Waals surface area contributed by atoms with Crippen molar-refractivity contribution in [1.29, 1.82) is 0 Å². The summed E-state index contributed by atoms with van der Waals surface area (Å²) in [6.45, 7) is 4.87. The van der Waals surface area contributed by atoms with E-state index < -0.39 is 5.82 Å². The summed E-state index contributed by atoms with van der Waals surface area (Å²) in [5, 5.41) is 9.30. The third kappa shape index (κ3) is 4.42. The molecule has 0 spiro atoms. The standard InChI is InChI=1S/C21H22FN3O2S/c1-4-10-25-20(16-7-5-6-14(2)11-16)23-24-21(25)28-13-18(26)15-8-9-19(27-3)17(22)12-15/h5-9,11-12H,4,10,13H2,1-3H3. The maximum Gasteiger partial charge on any atom is 0.191 e.